The lowest BCUT2D eigenvalue weighted by Crippen LogP contribution is -2.39. The molecular formula is C15H21N3O2. The van der Waals surface area contributed by atoms with E-state index in [1.165, 1.54) is 6.42 Å². The summed E-state index contributed by atoms with van der Waals surface area (Å²) < 4.78 is 0. The molecule has 0 bridgehead atoms. The van der Waals surface area contributed by atoms with Gasteiger partial charge in [-0.2, -0.15) is 0 Å². The number of rotatable bonds is 3. The van der Waals surface area contributed by atoms with Crippen LogP contribution in [0.3, 0.4) is 0 Å². The van der Waals surface area contributed by atoms with Crippen molar-refractivity contribution in [2.45, 2.75) is 38.1 Å². The Morgan fingerprint density at radius 1 is 1.45 bits per heavy atom. The van der Waals surface area contributed by atoms with Crippen molar-refractivity contribution in [3.8, 4) is 0 Å². The van der Waals surface area contributed by atoms with Crippen molar-refractivity contribution in [2.24, 2.45) is 0 Å². The Morgan fingerprint density at radius 2 is 2.30 bits per heavy atom. The lowest BCUT2D eigenvalue weighted by Gasteiger charge is -2.19. The lowest BCUT2D eigenvalue weighted by molar-refractivity contribution is 0.0942. The van der Waals surface area contributed by atoms with Gasteiger partial charge < -0.3 is 15.2 Å². The van der Waals surface area contributed by atoms with E-state index in [0.717, 1.165) is 43.5 Å². The van der Waals surface area contributed by atoms with Gasteiger partial charge in [-0.05, 0) is 57.3 Å². The van der Waals surface area contributed by atoms with E-state index in [2.05, 4.69) is 22.2 Å². The molecule has 2 aliphatic rings. The van der Waals surface area contributed by atoms with Crippen LogP contribution in [-0.2, 0) is 12.8 Å². The van der Waals surface area contributed by atoms with Crippen LogP contribution < -0.4 is 10.9 Å². The quantitative estimate of drug-likeness (QED) is 0.853. The second-order valence-electron chi connectivity index (χ2n) is 5.86. The molecule has 2 heterocycles. The monoisotopic (exact) mass is 275 g/mol. The molecule has 1 saturated heterocycles. The van der Waals surface area contributed by atoms with Crippen molar-refractivity contribution in [3.63, 3.8) is 0 Å². The lowest BCUT2D eigenvalue weighted by atomic mass is 10.1. The summed E-state index contributed by atoms with van der Waals surface area (Å²) >= 11 is 0. The smallest absolute Gasteiger partial charge is 0.261 e. The summed E-state index contributed by atoms with van der Waals surface area (Å²) in [5.74, 6) is -0.249. The summed E-state index contributed by atoms with van der Waals surface area (Å²) in [5, 5.41) is 2.90. The second-order valence-corrected chi connectivity index (χ2v) is 5.86. The number of hydrogen-bond donors (Lipinski definition) is 2. The predicted octanol–water partition coefficient (Wildman–Crippen LogP) is 0.688. The Hall–Kier alpha value is -1.62. The molecule has 0 saturated carbocycles. The molecule has 5 heteroatoms. The van der Waals surface area contributed by atoms with Crippen molar-refractivity contribution < 1.29 is 4.79 Å². The van der Waals surface area contributed by atoms with Gasteiger partial charge in [-0.25, -0.2) is 0 Å². The van der Waals surface area contributed by atoms with Crippen molar-refractivity contribution in [2.75, 3.05) is 20.1 Å². The standard InChI is InChI=1S/C15H21N3O2/c1-18-7-3-5-11(18)9-16-14(19)12-8-10-4-2-6-13(10)17-15(12)20/h8,11H,2-7,9H2,1H3,(H,16,19)(H,17,20)/t11-/m1/s1. The number of nitrogens with one attached hydrogen (secondary N) is 2. The minimum atomic E-state index is -0.261. The number of aryl methyl sites for hydroxylation is 2. The van der Waals surface area contributed by atoms with Gasteiger partial charge in [0.1, 0.15) is 5.56 Å². The molecule has 1 aromatic heterocycles. The molecule has 1 amide bonds. The number of nitrogens with zero attached hydrogens (tertiary/aromatic N) is 1. The fourth-order valence-electron chi connectivity index (χ4n) is 3.22. The van der Waals surface area contributed by atoms with Crippen molar-refractivity contribution in [1.82, 2.24) is 15.2 Å². The van der Waals surface area contributed by atoms with Gasteiger partial charge in [0.15, 0.2) is 0 Å². The summed E-state index contributed by atoms with van der Waals surface area (Å²) in [4.78, 5) is 29.2. The van der Waals surface area contributed by atoms with Crippen LogP contribution >= 0.6 is 0 Å². The maximum absolute atomic E-state index is 12.2. The highest BCUT2D eigenvalue weighted by Gasteiger charge is 2.23. The van der Waals surface area contributed by atoms with Crippen LogP contribution in [0.5, 0.6) is 0 Å². The molecule has 1 aliphatic heterocycles. The molecule has 108 valence electrons. The number of amides is 1. The summed E-state index contributed by atoms with van der Waals surface area (Å²) in [6, 6.07) is 2.17. The maximum atomic E-state index is 12.2. The molecular weight excluding hydrogens is 254 g/mol. The Morgan fingerprint density at radius 3 is 3.05 bits per heavy atom. The van der Waals surface area contributed by atoms with Gasteiger partial charge in [-0.15, -0.1) is 0 Å². The van der Waals surface area contributed by atoms with E-state index in [-0.39, 0.29) is 17.0 Å². The average molecular weight is 275 g/mol. The van der Waals surface area contributed by atoms with Gasteiger partial charge in [-0.1, -0.05) is 0 Å². The van der Waals surface area contributed by atoms with E-state index in [1.807, 2.05) is 0 Å². The first-order valence-electron chi connectivity index (χ1n) is 7.38. The Kier molecular flexibility index (Phi) is 3.61. The van der Waals surface area contributed by atoms with Gasteiger partial charge >= 0.3 is 0 Å². The molecule has 5 nitrogen and oxygen atoms in total. The van der Waals surface area contributed by atoms with Gasteiger partial charge in [0.05, 0.1) is 0 Å². The number of aromatic nitrogens is 1. The first-order chi connectivity index (χ1) is 9.65. The molecule has 2 N–H and O–H groups in total. The van der Waals surface area contributed by atoms with Crippen LogP contribution in [0, 0.1) is 0 Å². The number of pyridine rings is 1. The van der Waals surface area contributed by atoms with Crippen LogP contribution in [0.4, 0.5) is 0 Å². The van der Waals surface area contributed by atoms with Gasteiger partial charge in [0.25, 0.3) is 11.5 Å². The predicted molar refractivity (Wildman–Crippen MR) is 77.1 cm³/mol. The first-order valence-corrected chi connectivity index (χ1v) is 7.38. The fraction of sp³-hybridized carbons (Fsp3) is 0.600. The van der Waals surface area contributed by atoms with E-state index in [1.54, 1.807) is 6.07 Å². The maximum Gasteiger partial charge on any atom is 0.261 e. The van der Waals surface area contributed by atoms with Crippen LogP contribution in [0.1, 0.15) is 40.9 Å². The molecule has 1 aromatic rings. The number of fused-ring (bicyclic) bond motifs is 1. The van der Waals surface area contributed by atoms with E-state index in [0.29, 0.717) is 12.6 Å². The molecule has 20 heavy (non-hydrogen) atoms. The Balaban J connectivity index is 1.69. The number of likely N-dealkylation sites (N-methyl/N-ethyl adjacent to an activating group) is 1. The van der Waals surface area contributed by atoms with E-state index < -0.39 is 0 Å². The highest BCUT2D eigenvalue weighted by Crippen LogP contribution is 2.19. The van der Waals surface area contributed by atoms with E-state index in [9.17, 15) is 9.59 Å². The van der Waals surface area contributed by atoms with Crippen LogP contribution in [0.15, 0.2) is 10.9 Å². The van der Waals surface area contributed by atoms with Crippen molar-refractivity contribution in [1.29, 1.82) is 0 Å². The third-order valence-corrected chi connectivity index (χ3v) is 4.50. The highest BCUT2D eigenvalue weighted by atomic mass is 16.2. The minimum absolute atomic E-state index is 0.249. The molecule has 1 aliphatic carbocycles. The van der Waals surface area contributed by atoms with E-state index in [4.69, 9.17) is 0 Å². The van der Waals surface area contributed by atoms with Gasteiger partial charge in [0, 0.05) is 18.3 Å². The number of carbonyl (C=O) groups is 1. The van der Waals surface area contributed by atoms with Gasteiger partial charge in [0.2, 0.25) is 0 Å². The molecule has 3 rings (SSSR count). The first kappa shape index (κ1) is 13.4. The minimum Gasteiger partial charge on any atom is -0.350 e. The number of aromatic amines is 1. The summed E-state index contributed by atoms with van der Waals surface area (Å²) in [6.45, 7) is 1.70. The topological polar surface area (TPSA) is 65.2 Å². The number of hydrogen-bond acceptors (Lipinski definition) is 3. The Labute approximate surface area is 118 Å². The normalized spacial score (nSPS) is 21.9. The molecule has 0 aromatic carbocycles. The van der Waals surface area contributed by atoms with Crippen molar-refractivity contribution in [3.05, 3.63) is 33.2 Å². The van der Waals surface area contributed by atoms with E-state index >= 15 is 0 Å². The average Bonchev–Trinajstić information content (AvgIpc) is 3.03. The van der Waals surface area contributed by atoms with Crippen LogP contribution in [0.2, 0.25) is 0 Å². The third-order valence-electron chi connectivity index (χ3n) is 4.50. The zero-order valence-electron chi connectivity index (χ0n) is 11.9. The van der Waals surface area contributed by atoms with Crippen LogP contribution in [0.25, 0.3) is 0 Å². The Bertz CT molecular complexity index is 579. The summed E-state index contributed by atoms with van der Waals surface area (Å²) in [7, 11) is 2.08. The number of H-pyrrole nitrogens is 1. The molecule has 0 unspecified atom stereocenters. The molecule has 1 atom stereocenters. The van der Waals surface area contributed by atoms with Gasteiger partial charge in [-0.3, -0.25) is 9.59 Å². The molecule has 0 radical (unpaired) electrons. The zero-order chi connectivity index (χ0) is 14.1. The summed E-state index contributed by atoms with van der Waals surface area (Å²) in [6.07, 6.45) is 5.22. The molecule has 1 fully saturated rings. The van der Waals surface area contributed by atoms with Crippen molar-refractivity contribution >= 4 is 5.91 Å². The second kappa shape index (κ2) is 5.40. The largest absolute Gasteiger partial charge is 0.350 e. The third kappa shape index (κ3) is 2.50. The molecule has 0 spiro atoms. The van der Waals surface area contributed by atoms with Crippen LogP contribution in [-0.4, -0.2) is 42.0 Å². The SMILES string of the molecule is CN1CCC[C@@H]1CNC(=O)c1cc2c([nH]c1=O)CCC2. The number of carbonyl (C=O) groups excluding carboxylic acids is 1. The fourth-order valence-corrected chi connectivity index (χ4v) is 3.22. The number of likely N-dealkylation sites (tertiary alicyclic amines) is 1. The zero-order valence-corrected chi connectivity index (χ0v) is 11.9. The summed E-state index contributed by atoms with van der Waals surface area (Å²) in [5.41, 5.74) is 2.11. The highest BCUT2D eigenvalue weighted by molar-refractivity contribution is 5.94.